The molecular formula is C13H9F3O4S. The van der Waals surface area contributed by atoms with Crippen LogP contribution >= 0.6 is 0 Å². The number of halogens is 3. The summed E-state index contributed by atoms with van der Waals surface area (Å²) in [6, 6.07) is 9.97. The van der Waals surface area contributed by atoms with E-state index in [1.54, 1.807) is 6.07 Å². The summed E-state index contributed by atoms with van der Waals surface area (Å²) < 4.78 is 71.5. The van der Waals surface area contributed by atoms with Crippen molar-refractivity contribution >= 4 is 10.4 Å². The lowest BCUT2D eigenvalue weighted by molar-refractivity contribution is -0.137. The van der Waals surface area contributed by atoms with Crippen molar-refractivity contribution in [1.82, 2.24) is 0 Å². The normalized spacial score (nSPS) is 12.2. The molecule has 1 N–H and O–H groups in total. The van der Waals surface area contributed by atoms with Gasteiger partial charge in [-0.1, -0.05) is 24.3 Å². The van der Waals surface area contributed by atoms with Gasteiger partial charge in [0.25, 0.3) is 0 Å². The highest BCUT2D eigenvalue weighted by Gasteiger charge is 2.29. The molecule has 2 aromatic carbocycles. The fourth-order valence-corrected chi connectivity index (χ4v) is 2.05. The lowest BCUT2D eigenvalue weighted by Gasteiger charge is -2.08. The summed E-state index contributed by atoms with van der Waals surface area (Å²) >= 11 is 0. The molecule has 0 aromatic heterocycles. The highest BCUT2D eigenvalue weighted by Crippen LogP contribution is 2.31. The Hall–Kier alpha value is -2.06. The monoisotopic (exact) mass is 318 g/mol. The molecule has 0 fully saturated rings. The van der Waals surface area contributed by atoms with E-state index in [1.165, 1.54) is 30.3 Å². The van der Waals surface area contributed by atoms with E-state index >= 15 is 0 Å². The van der Waals surface area contributed by atoms with Crippen LogP contribution in [-0.2, 0) is 16.6 Å². The average molecular weight is 318 g/mol. The maximum absolute atomic E-state index is 12.5. The van der Waals surface area contributed by atoms with Crippen LogP contribution in [-0.4, -0.2) is 13.0 Å². The third kappa shape index (κ3) is 4.20. The van der Waals surface area contributed by atoms with E-state index in [9.17, 15) is 21.6 Å². The minimum absolute atomic E-state index is 0.144. The van der Waals surface area contributed by atoms with Crippen LogP contribution in [0.3, 0.4) is 0 Å². The molecule has 0 spiro atoms. The number of hydrogen-bond donors (Lipinski definition) is 1. The number of hydrogen-bond acceptors (Lipinski definition) is 3. The second-order valence-corrected chi connectivity index (χ2v) is 5.14. The van der Waals surface area contributed by atoms with Crippen molar-refractivity contribution in [1.29, 1.82) is 0 Å². The largest absolute Gasteiger partial charge is 0.446 e. The average Bonchev–Trinajstić information content (AvgIpc) is 2.36. The van der Waals surface area contributed by atoms with Crippen LogP contribution in [0.2, 0.25) is 0 Å². The quantitative estimate of drug-likeness (QED) is 0.879. The molecule has 0 bridgehead atoms. The van der Waals surface area contributed by atoms with E-state index in [4.69, 9.17) is 4.55 Å². The van der Waals surface area contributed by atoms with Gasteiger partial charge in [0.15, 0.2) is 0 Å². The summed E-state index contributed by atoms with van der Waals surface area (Å²) in [5.41, 5.74) is 0.116. The van der Waals surface area contributed by atoms with Crippen LogP contribution in [0.25, 0.3) is 11.1 Å². The number of alkyl halides is 3. The minimum Gasteiger partial charge on any atom is -0.362 e. The Balaban J connectivity index is 2.32. The summed E-state index contributed by atoms with van der Waals surface area (Å²) in [7, 11) is -4.65. The van der Waals surface area contributed by atoms with Gasteiger partial charge in [0, 0.05) is 0 Å². The topological polar surface area (TPSA) is 63.6 Å². The molecule has 0 atom stereocenters. The second-order valence-electron chi connectivity index (χ2n) is 4.11. The minimum atomic E-state index is -4.65. The van der Waals surface area contributed by atoms with Gasteiger partial charge in [-0.2, -0.15) is 21.6 Å². The van der Waals surface area contributed by atoms with Gasteiger partial charge >= 0.3 is 16.6 Å². The maximum atomic E-state index is 12.5. The molecule has 21 heavy (non-hydrogen) atoms. The zero-order chi connectivity index (χ0) is 15.7. The SMILES string of the molecule is O=S(=O)(O)Oc1cccc(-c2ccc(C(F)(F)F)cc2)c1. The molecule has 0 saturated carbocycles. The first-order valence-corrected chi connectivity index (χ1v) is 6.96. The third-order valence-corrected chi connectivity index (χ3v) is 2.98. The van der Waals surface area contributed by atoms with E-state index in [-0.39, 0.29) is 5.75 Å². The first kappa shape index (κ1) is 15.3. The van der Waals surface area contributed by atoms with Gasteiger partial charge in [-0.15, -0.1) is 0 Å². The van der Waals surface area contributed by atoms with Crippen molar-refractivity contribution in [2.45, 2.75) is 6.18 Å². The summed E-state index contributed by atoms with van der Waals surface area (Å²) in [5.74, 6) is -0.144. The number of rotatable bonds is 3. The van der Waals surface area contributed by atoms with Crippen molar-refractivity contribution in [2.24, 2.45) is 0 Å². The Kier molecular flexibility index (Phi) is 3.93. The molecule has 0 saturated heterocycles. The highest BCUT2D eigenvalue weighted by atomic mass is 32.3. The summed E-state index contributed by atoms with van der Waals surface area (Å²) in [6.45, 7) is 0. The molecule has 0 aliphatic heterocycles. The first-order valence-electron chi connectivity index (χ1n) is 5.60. The molecule has 0 heterocycles. The van der Waals surface area contributed by atoms with E-state index in [0.29, 0.717) is 11.1 Å². The fraction of sp³-hybridized carbons (Fsp3) is 0.0769. The van der Waals surface area contributed by atoms with Crippen molar-refractivity contribution in [3.05, 3.63) is 54.1 Å². The fourth-order valence-electron chi connectivity index (χ4n) is 1.70. The molecule has 0 amide bonds. The van der Waals surface area contributed by atoms with Gasteiger partial charge in [-0.3, -0.25) is 4.55 Å². The maximum Gasteiger partial charge on any atom is 0.446 e. The van der Waals surface area contributed by atoms with Crippen molar-refractivity contribution in [3.63, 3.8) is 0 Å². The lowest BCUT2D eigenvalue weighted by atomic mass is 10.0. The highest BCUT2D eigenvalue weighted by molar-refractivity contribution is 7.81. The molecule has 2 aromatic rings. The molecule has 4 nitrogen and oxygen atoms in total. The van der Waals surface area contributed by atoms with Crippen molar-refractivity contribution in [3.8, 4) is 16.9 Å². The lowest BCUT2D eigenvalue weighted by Crippen LogP contribution is -2.06. The Morgan fingerprint density at radius 1 is 0.952 bits per heavy atom. The van der Waals surface area contributed by atoms with E-state index in [1.807, 2.05) is 0 Å². The van der Waals surface area contributed by atoms with E-state index in [0.717, 1.165) is 12.1 Å². The Labute approximate surface area is 118 Å². The second kappa shape index (κ2) is 5.38. The van der Waals surface area contributed by atoms with Gasteiger partial charge in [-0.25, -0.2) is 0 Å². The van der Waals surface area contributed by atoms with Gasteiger partial charge in [0.2, 0.25) is 0 Å². The zero-order valence-electron chi connectivity index (χ0n) is 10.3. The molecular weight excluding hydrogens is 309 g/mol. The molecule has 8 heteroatoms. The Bertz CT molecular complexity index is 737. The summed E-state index contributed by atoms with van der Waals surface area (Å²) in [4.78, 5) is 0. The summed E-state index contributed by atoms with van der Waals surface area (Å²) in [5, 5.41) is 0. The Morgan fingerprint density at radius 2 is 1.57 bits per heavy atom. The van der Waals surface area contributed by atoms with Crippen molar-refractivity contribution < 1.29 is 30.3 Å². The zero-order valence-corrected chi connectivity index (χ0v) is 11.1. The van der Waals surface area contributed by atoms with Crippen LogP contribution in [0.15, 0.2) is 48.5 Å². The molecule has 0 unspecified atom stereocenters. The third-order valence-electron chi connectivity index (χ3n) is 2.58. The standard InChI is InChI=1S/C13H9F3O4S/c14-13(15,16)11-6-4-9(5-7-11)10-2-1-3-12(8-10)20-21(17,18)19/h1-8H,(H,17,18,19). The predicted molar refractivity (Wildman–Crippen MR) is 69.1 cm³/mol. The van der Waals surface area contributed by atoms with Gasteiger partial charge in [-0.05, 0) is 35.4 Å². The smallest absolute Gasteiger partial charge is 0.362 e. The van der Waals surface area contributed by atoms with Crippen LogP contribution < -0.4 is 4.18 Å². The van der Waals surface area contributed by atoms with Gasteiger partial charge in [0.1, 0.15) is 5.75 Å². The Morgan fingerprint density at radius 3 is 2.10 bits per heavy atom. The molecule has 0 aliphatic carbocycles. The summed E-state index contributed by atoms with van der Waals surface area (Å²) in [6.07, 6.45) is -4.42. The van der Waals surface area contributed by atoms with Crippen LogP contribution in [0, 0.1) is 0 Å². The van der Waals surface area contributed by atoms with Crippen LogP contribution in [0.4, 0.5) is 13.2 Å². The first-order chi connectivity index (χ1) is 9.65. The molecule has 2 rings (SSSR count). The molecule has 0 radical (unpaired) electrons. The van der Waals surface area contributed by atoms with Crippen LogP contribution in [0.1, 0.15) is 5.56 Å². The van der Waals surface area contributed by atoms with Crippen molar-refractivity contribution in [2.75, 3.05) is 0 Å². The van der Waals surface area contributed by atoms with Gasteiger partial charge < -0.3 is 4.18 Å². The molecule has 0 aliphatic rings. The van der Waals surface area contributed by atoms with E-state index in [2.05, 4.69) is 4.18 Å². The molecule has 112 valence electrons. The predicted octanol–water partition coefficient (Wildman–Crippen LogP) is 3.55. The van der Waals surface area contributed by atoms with E-state index < -0.39 is 22.1 Å². The van der Waals surface area contributed by atoms with Crippen LogP contribution in [0.5, 0.6) is 5.75 Å². The van der Waals surface area contributed by atoms with Gasteiger partial charge in [0.05, 0.1) is 5.56 Å². The number of benzene rings is 2.